The summed E-state index contributed by atoms with van der Waals surface area (Å²) in [4.78, 5) is 25.4. The molecule has 2 N–H and O–H groups in total. The van der Waals surface area contributed by atoms with Crippen LogP contribution in [0, 0.1) is 11.8 Å². The lowest BCUT2D eigenvalue weighted by Gasteiger charge is -2.10. The summed E-state index contributed by atoms with van der Waals surface area (Å²) in [6, 6.07) is 22.0. The van der Waals surface area contributed by atoms with Gasteiger partial charge in [0, 0.05) is 35.7 Å². The van der Waals surface area contributed by atoms with Gasteiger partial charge in [-0.3, -0.25) is 9.59 Å². The summed E-state index contributed by atoms with van der Waals surface area (Å²) in [6.07, 6.45) is 5.05. The molecule has 2 amide bonds. The largest absolute Gasteiger partial charge is 0.376 e. The van der Waals surface area contributed by atoms with Gasteiger partial charge in [0.05, 0.1) is 13.2 Å². The van der Waals surface area contributed by atoms with Crippen LogP contribution in [0.2, 0.25) is 0 Å². The number of anilines is 2. The van der Waals surface area contributed by atoms with Gasteiger partial charge in [-0.25, -0.2) is 0 Å². The first-order valence-corrected chi connectivity index (χ1v) is 12.7. The molecule has 2 fully saturated rings. The van der Waals surface area contributed by atoms with E-state index in [1.54, 1.807) is 24.3 Å². The first kappa shape index (κ1) is 24.2. The number of hydrogen-bond acceptors (Lipinski definition) is 4. The van der Waals surface area contributed by atoms with Crippen molar-refractivity contribution in [1.82, 2.24) is 0 Å². The summed E-state index contributed by atoms with van der Waals surface area (Å²) < 4.78 is 11.5. The van der Waals surface area contributed by atoms with Crippen LogP contribution in [-0.2, 0) is 22.7 Å². The van der Waals surface area contributed by atoms with Crippen molar-refractivity contribution >= 4 is 23.2 Å². The molecule has 0 atom stereocenters. The van der Waals surface area contributed by atoms with E-state index in [4.69, 9.17) is 9.47 Å². The van der Waals surface area contributed by atoms with E-state index in [0.29, 0.717) is 24.3 Å². The van der Waals surface area contributed by atoms with Crippen molar-refractivity contribution in [2.75, 3.05) is 23.8 Å². The van der Waals surface area contributed by atoms with Crippen molar-refractivity contribution in [3.63, 3.8) is 0 Å². The van der Waals surface area contributed by atoms with Gasteiger partial charge in [0.25, 0.3) is 11.8 Å². The van der Waals surface area contributed by atoms with E-state index in [1.165, 1.54) is 25.7 Å². The molecule has 0 radical (unpaired) electrons. The fraction of sp³-hybridized carbons (Fsp3) is 0.333. The van der Waals surface area contributed by atoms with Crippen LogP contribution in [0.4, 0.5) is 11.4 Å². The number of nitrogens with one attached hydrogen (secondary N) is 2. The van der Waals surface area contributed by atoms with Gasteiger partial charge in [-0.15, -0.1) is 0 Å². The van der Waals surface area contributed by atoms with Gasteiger partial charge in [-0.1, -0.05) is 24.3 Å². The molecule has 0 aromatic heterocycles. The van der Waals surface area contributed by atoms with Gasteiger partial charge in [0.2, 0.25) is 0 Å². The molecule has 0 spiro atoms. The first-order valence-electron chi connectivity index (χ1n) is 12.7. The Hall–Kier alpha value is -3.48. The number of carbonyl (C=O) groups is 2. The highest BCUT2D eigenvalue weighted by atomic mass is 16.5. The van der Waals surface area contributed by atoms with Crippen LogP contribution in [0.1, 0.15) is 57.5 Å². The Labute approximate surface area is 212 Å². The maximum atomic E-state index is 12.7. The number of carbonyl (C=O) groups excluding carboxylic acids is 2. The van der Waals surface area contributed by atoms with Crippen molar-refractivity contribution in [3.05, 3.63) is 95.1 Å². The van der Waals surface area contributed by atoms with E-state index in [1.807, 2.05) is 48.5 Å². The molecule has 186 valence electrons. The quantitative estimate of drug-likeness (QED) is 0.328. The van der Waals surface area contributed by atoms with Gasteiger partial charge in [-0.05, 0) is 97.2 Å². The molecule has 0 unspecified atom stereocenters. The molecule has 3 aromatic carbocycles. The lowest BCUT2D eigenvalue weighted by Crippen LogP contribution is -2.14. The Bertz CT molecular complexity index is 1110. The predicted octanol–water partition coefficient (Wildman–Crippen LogP) is 6.04. The van der Waals surface area contributed by atoms with Crippen molar-refractivity contribution in [2.45, 2.75) is 38.9 Å². The fourth-order valence-corrected chi connectivity index (χ4v) is 3.91. The van der Waals surface area contributed by atoms with Crippen LogP contribution in [0.15, 0.2) is 72.8 Å². The minimum Gasteiger partial charge on any atom is -0.376 e. The molecule has 0 bridgehead atoms. The third kappa shape index (κ3) is 7.26. The number of hydrogen-bond donors (Lipinski definition) is 2. The molecule has 6 heteroatoms. The summed E-state index contributed by atoms with van der Waals surface area (Å²) in [7, 11) is 0. The molecule has 6 nitrogen and oxygen atoms in total. The summed E-state index contributed by atoms with van der Waals surface area (Å²) in [5.41, 5.74) is 4.46. The smallest absolute Gasteiger partial charge is 0.255 e. The zero-order valence-electron chi connectivity index (χ0n) is 20.4. The topological polar surface area (TPSA) is 76.7 Å². The number of amides is 2. The van der Waals surface area contributed by atoms with Crippen LogP contribution in [0.25, 0.3) is 0 Å². The van der Waals surface area contributed by atoms with Crippen molar-refractivity contribution in [1.29, 1.82) is 0 Å². The molecule has 36 heavy (non-hydrogen) atoms. The monoisotopic (exact) mass is 484 g/mol. The zero-order valence-corrected chi connectivity index (χ0v) is 20.4. The van der Waals surface area contributed by atoms with Crippen molar-refractivity contribution in [3.8, 4) is 0 Å². The third-order valence-corrected chi connectivity index (χ3v) is 6.42. The second-order valence-electron chi connectivity index (χ2n) is 9.80. The lowest BCUT2D eigenvalue weighted by molar-refractivity contribution is 0.101. The zero-order chi connectivity index (χ0) is 24.7. The maximum Gasteiger partial charge on any atom is 0.255 e. The second-order valence-corrected chi connectivity index (χ2v) is 9.80. The summed E-state index contributed by atoms with van der Waals surface area (Å²) >= 11 is 0. The minimum atomic E-state index is -0.225. The highest BCUT2D eigenvalue weighted by Crippen LogP contribution is 2.30. The van der Waals surface area contributed by atoms with E-state index in [2.05, 4.69) is 10.6 Å². The molecule has 5 rings (SSSR count). The van der Waals surface area contributed by atoms with Crippen LogP contribution in [0.3, 0.4) is 0 Å². The Balaban J connectivity index is 1.12. The molecule has 0 heterocycles. The Morgan fingerprint density at radius 2 is 1.06 bits per heavy atom. The van der Waals surface area contributed by atoms with Gasteiger partial charge in [0.1, 0.15) is 0 Å². The van der Waals surface area contributed by atoms with Gasteiger partial charge < -0.3 is 20.1 Å². The molecule has 3 aromatic rings. The van der Waals surface area contributed by atoms with E-state index in [0.717, 1.165) is 47.6 Å². The minimum absolute atomic E-state index is 0.225. The average molecular weight is 485 g/mol. The predicted molar refractivity (Wildman–Crippen MR) is 140 cm³/mol. The van der Waals surface area contributed by atoms with Crippen LogP contribution in [-0.4, -0.2) is 25.0 Å². The molecular formula is C30H32N2O4. The second kappa shape index (κ2) is 11.5. The molecule has 0 saturated heterocycles. The maximum absolute atomic E-state index is 12.7. The number of benzene rings is 3. The molecule has 2 aliphatic carbocycles. The molecule has 2 aliphatic rings. The summed E-state index contributed by atoms with van der Waals surface area (Å²) in [5, 5.41) is 5.85. The molecule has 2 saturated carbocycles. The average Bonchev–Trinajstić information content (AvgIpc) is 3.81. The highest BCUT2D eigenvalue weighted by Gasteiger charge is 2.21. The standard InChI is InChI=1S/C30H32N2O4/c33-29(31-27-5-1-3-23(15-27)19-35-17-21-7-8-21)25-11-13-26(14-12-25)30(34)32-28-6-2-4-24(16-28)20-36-18-22-9-10-22/h1-6,11-16,21-22H,7-10,17-20H2,(H,31,33)(H,32,34). The molecular weight excluding hydrogens is 452 g/mol. The highest BCUT2D eigenvalue weighted by molar-refractivity contribution is 6.07. The fourth-order valence-electron chi connectivity index (χ4n) is 3.91. The summed E-state index contributed by atoms with van der Waals surface area (Å²) in [6.45, 7) is 2.69. The number of rotatable bonds is 12. The van der Waals surface area contributed by atoms with E-state index < -0.39 is 0 Å². The van der Waals surface area contributed by atoms with Crippen molar-refractivity contribution in [2.24, 2.45) is 11.8 Å². The van der Waals surface area contributed by atoms with Gasteiger partial charge in [0.15, 0.2) is 0 Å². The van der Waals surface area contributed by atoms with E-state index in [9.17, 15) is 9.59 Å². The Morgan fingerprint density at radius 1 is 0.639 bits per heavy atom. The van der Waals surface area contributed by atoms with Crippen molar-refractivity contribution < 1.29 is 19.1 Å². The normalized spacial score (nSPS) is 14.9. The lowest BCUT2D eigenvalue weighted by atomic mass is 10.1. The van der Waals surface area contributed by atoms with Gasteiger partial charge >= 0.3 is 0 Å². The first-order chi connectivity index (χ1) is 17.6. The van der Waals surface area contributed by atoms with Crippen LogP contribution in [0.5, 0.6) is 0 Å². The van der Waals surface area contributed by atoms with Crippen LogP contribution >= 0.6 is 0 Å². The molecule has 0 aliphatic heterocycles. The third-order valence-electron chi connectivity index (χ3n) is 6.42. The van der Waals surface area contributed by atoms with Crippen LogP contribution < -0.4 is 10.6 Å². The van der Waals surface area contributed by atoms with Gasteiger partial charge in [-0.2, -0.15) is 0 Å². The van der Waals surface area contributed by atoms with E-state index >= 15 is 0 Å². The SMILES string of the molecule is O=C(Nc1cccc(COCC2CC2)c1)c1ccc(C(=O)Nc2cccc(COCC3CC3)c2)cc1. The number of ether oxygens (including phenoxy) is 2. The Morgan fingerprint density at radius 3 is 1.44 bits per heavy atom. The van der Waals surface area contributed by atoms with E-state index in [-0.39, 0.29) is 11.8 Å². The Kier molecular flexibility index (Phi) is 7.74. The summed E-state index contributed by atoms with van der Waals surface area (Å²) in [5.74, 6) is 0.993.